The molecule has 13 heavy (non-hydrogen) atoms. The van der Waals surface area contributed by atoms with Crippen LogP contribution in [0, 0.1) is 0 Å². The Morgan fingerprint density at radius 3 is 2.54 bits per heavy atom. The van der Waals surface area contributed by atoms with Crippen molar-refractivity contribution in [3.63, 3.8) is 0 Å². The molecule has 0 aliphatic carbocycles. The van der Waals surface area contributed by atoms with Gasteiger partial charge in [0.05, 0.1) is 6.04 Å². The van der Waals surface area contributed by atoms with Crippen LogP contribution in [0.25, 0.3) is 0 Å². The zero-order valence-corrected chi connectivity index (χ0v) is 7.14. The molecular formula is C10H11NO2. The van der Waals surface area contributed by atoms with Crippen molar-refractivity contribution >= 4 is 12.1 Å². The highest BCUT2D eigenvalue weighted by atomic mass is 16.2. The number of hydrogen-bond acceptors (Lipinski definition) is 3. The van der Waals surface area contributed by atoms with Crippen LogP contribution < -0.4 is 5.73 Å². The summed E-state index contributed by atoms with van der Waals surface area (Å²) < 4.78 is 0. The first-order valence-corrected chi connectivity index (χ1v) is 4.02. The number of rotatable bonds is 4. The normalized spacial score (nSPS) is 12.1. The Hall–Kier alpha value is -1.48. The molecule has 3 heteroatoms. The third-order valence-corrected chi connectivity index (χ3v) is 1.78. The van der Waals surface area contributed by atoms with E-state index >= 15 is 0 Å². The van der Waals surface area contributed by atoms with Crippen LogP contribution >= 0.6 is 0 Å². The number of nitrogens with two attached hydrogens (primary N) is 1. The number of ketones is 1. The van der Waals surface area contributed by atoms with Crippen molar-refractivity contribution in [1.82, 2.24) is 0 Å². The second kappa shape index (κ2) is 4.52. The third kappa shape index (κ3) is 2.80. The van der Waals surface area contributed by atoms with Crippen molar-refractivity contribution in [2.24, 2.45) is 5.73 Å². The lowest BCUT2D eigenvalue weighted by molar-refractivity contribution is -0.130. The summed E-state index contributed by atoms with van der Waals surface area (Å²) in [5.74, 6) is -0.552. The van der Waals surface area contributed by atoms with Gasteiger partial charge < -0.3 is 5.73 Å². The second-order valence-corrected chi connectivity index (χ2v) is 2.82. The molecule has 0 amide bonds. The number of aldehydes is 1. The quantitative estimate of drug-likeness (QED) is 0.532. The molecule has 3 nitrogen and oxygen atoms in total. The standard InChI is InChI=1S/C10H11NO2/c11-9(10(13)7-12)6-8-4-2-1-3-5-8/h1-5,7,9H,6,11H2/t9-/m0/s1. The van der Waals surface area contributed by atoms with Crippen molar-refractivity contribution in [3.8, 4) is 0 Å². The Morgan fingerprint density at radius 2 is 2.00 bits per heavy atom. The lowest BCUT2D eigenvalue weighted by atomic mass is 10.0. The van der Waals surface area contributed by atoms with Crippen LogP contribution in [0.5, 0.6) is 0 Å². The van der Waals surface area contributed by atoms with E-state index in [4.69, 9.17) is 5.73 Å². The molecule has 0 radical (unpaired) electrons. The Labute approximate surface area is 76.6 Å². The summed E-state index contributed by atoms with van der Waals surface area (Å²) in [5.41, 5.74) is 6.44. The maximum Gasteiger partial charge on any atom is 0.212 e. The van der Waals surface area contributed by atoms with E-state index in [-0.39, 0.29) is 6.29 Å². The predicted molar refractivity (Wildman–Crippen MR) is 49.2 cm³/mol. The lowest BCUT2D eigenvalue weighted by Gasteiger charge is -2.05. The molecule has 0 heterocycles. The lowest BCUT2D eigenvalue weighted by Crippen LogP contribution is -2.33. The monoisotopic (exact) mass is 177 g/mol. The van der Waals surface area contributed by atoms with Crippen molar-refractivity contribution in [1.29, 1.82) is 0 Å². The zero-order chi connectivity index (χ0) is 9.68. The first-order chi connectivity index (χ1) is 6.24. The summed E-state index contributed by atoms with van der Waals surface area (Å²) in [5, 5.41) is 0. The van der Waals surface area contributed by atoms with Crippen LogP contribution in [0.2, 0.25) is 0 Å². The molecule has 68 valence electrons. The van der Waals surface area contributed by atoms with E-state index in [2.05, 4.69) is 0 Å². The van der Waals surface area contributed by atoms with E-state index in [9.17, 15) is 9.59 Å². The van der Waals surface area contributed by atoms with Gasteiger partial charge in [0.15, 0.2) is 6.29 Å². The number of Topliss-reactive ketones (excluding diaryl/α,β-unsaturated/α-hetero) is 1. The van der Waals surface area contributed by atoms with Gasteiger partial charge in [-0.15, -0.1) is 0 Å². The molecule has 0 aliphatic rings. The molecular weight excluding hydrogens is 166 g/mol. The summed E-state index contributed by atoms with van der Waals surface area (Å²) in [6.45, 7) is 0. The van der Waals surface area contributed by atoms with E-state index in [1.807, 2.05) is 30.3 Å². The zero-order valence-electron chi connectivity index (χ0n) is 7.14. The Kier molecular flexibility index (Phi) is 3.34. The van der Waals surface area contributed by atoms with E-state index < -0.39 is 11.8 Å². The van der Waals surface area contributed by atoms with Gasteiger partial charge in [-0.1, -0.05) is 30.3 Å². The van der Waals surface area contributed by atoms with E-state index in [1.54, 1.807) is 0 Å². The highest BCUT2D eigenvalue weighted by Gasteiger charge is 2.11. The van der Waals surface area contributed by atoms with Crippen LogP contribution in [0.15, 0.2) is 30.3 Å². The summed E-state index contributed by atoms with van der Waals surface area (Å²) in [6, 6.07) is 8.66. The van der Waals surface area contributed by atoms with Crippen LogP contribution in [0.1, 0.15) is 5.56 Å². The van der Waals surface area contributed by atoms with E-state index in [0.717, 1.165) is 5.56 Å². The Balaban J connectivity index is 2.60. The Morgan fingerprint density at radius 1 is 1.38 bits per heavy atom. The SMILES string of the molecule is N[C@@H](Cc1ccccc1)C(=O)C=O. The largest absolute Gasteiger partial charge is 0.321 e. The molecule has 0 aliphatic heterocycles. The summed E-state index contributed by atoms with van der Waals surface area (Å²) >= 11 is 0. The maximum atomic E-state index is 10.8. The molecule has 0 aromatic heterocycles. The summed E-state index contributed by atoms with van der Waals surface area (Å²) in [6.07, 6.45) is 0.687. The summed E-state index contributed by atoms with van der Waals surface area (Å²) in [7, 11) is 0. The van der Waals surface area contributed by atoms with Gasteiger partial charge in [-0.05, 0) is 12.0 Å². The molecule has 1 aromatic rings. The molecule has 0 unspecified atom stereocenters. The van der Waals surface area contributed by atoms with Gasteiger partial charge in [0.1, 0.15) is 0 Å². The maximum absolute atomic E-state index is 10.8. The predicted octanol–water partition coefficient (Wildman–Crippen LogP) is 0.324. The molecule has 0 spiro atoms. The fraction of sp³-hybridized carbons (Fsp3) is 0.200. The van der Waals surface area contributed by atoms with Crippen LogP contribution in [-0.2, 0) is 16.0 Å². The fourth-order valence-corrected chi connectivity index (χ4v) is 1.06. The number of benzene rings is 1. The smallest absolute Gasteiger partial charge is 0.212 e. The second-order valence-electron chi connectivity index (χ2n) is 2.82. The number of carbonyl (C=O) groups excluding carboxylic acids is 2. The van der Waals surface area contributed by atoms with Gasteiger partial charge in [-0.3, -0.25) is 9.59 Å². The average Bonchev–Trinajstić information content (AvgIpc) is 2.18. The van der Waals surface area contributed by atoms with Crippen molar-refractivity contribution in [2.45, 2.75) is 12.5 Å². The molecule has 0 saturated heterocycles. The molecule has 0 bridgehead atoms. The summed E-state index contributed by atoms with van der Waals surface area (Å²) in [4.78, 5) is 20.9. The minimum absolute atomic E-state index is 0.271. The van der Waals surface area contributed by atoms with Crippen molar-refractivity contribution in [2.75, 3.05) is 0 Å². The molecule has 1 rings (SSSR count). The molecule has 0 fully saturated rings. The highest BCUT2D eigenvalue weighted by Crippen LogP contribution is 2.01. The molecule has 0 saturated carbocycles. The first kappa shape index (κ1) is 9.61. The number of hydrogen-bond donors (Lipinski definition) is 1. The molecule has 1 atom stereocenters. The Bertz CT molecular complexity index is 295. The number of carbonyl (C=O) groups is 2. The van der Waals surface area contributed by atoms with E-state index in [0.29, 0.717) is 6.42 Å². The van der Waals surface area contributed by atoms with Gasteiger partial charge in [0, 0.05) is 0 Å². The highest BCUT2D eigenvalue weighted by molar-refractivity contribution is 6.27. The minimum Gasteiger partial charge on any atom is -0.321 e. The van der Waals surface area contributed by atoms with E-state index in [1.165, 1.54) is 0 Å². The van der Waals surface area contributed by atoms with Gasteiger partial charge >= 0.3 is 0 Å². The molecule has 2 N–H and O–H groups in total. The minimum atomic E-state index is -0.708. The average molecular weight is 177 g/mol. The van der Waals surface area contributed by atoms with Gasteiger partial charge in [-0.25, -0.2) is 0 Å². The van der Waals surface area contributed by atoms with Crippen LogP contribution in [-0.4, -0.2) is 18.1 Å². The fourth-order valence-electron chi connectivity index (χ4n) is 1.06. The van der Waals surface area contributed by atoms with Gasteiger partial charge in [0.2, 0.25) is 5.78 Å². The first-order valence-electron chi connectivity index (χ1n) is 4.02. The van der Waals surface area contributed by atoms with Crippen LogP contribution in [0.4, 0.5) is 0 Å². The molecule has 1 aromatic carbocycles. The van der Waals surface area contributed by atoms with Crippen molar-refractivity contribution < 1.29 is 9.59 Å². The van der Waals surface area contributed by atoms with Crippen molar-refractivity contribution in [3.05, 3.63) is 35.9 Å². The van der Waals surface area contributed by atoms with Crippen LogP contribution in [0.3, 0.4) is 0 Å². The van der Waals surface area contributed by atoms with Gasteiger partial charge in [-0.2, -0.15) is 0 Å². The topological polar surface area (TPSA) is 60.2 Å². The van der Waals surface area contributed by atoms with Gasteiger partial charge in [0.25, 0.3) is 0 Å². The third-order valence-electron chi connectivity index (χ3n) is 1.78.